The summed E-state index contributed by atoms with van der Waals surface area (Å²) in [5.41, 5.74) is 9.24. The molecular weight excluding hydrogens is 772 g/mol. The second-order valence-corrected chi connectivity index (χ2v) is 15.6. The minimum Gasteiger partial charge on any atom is -0.394 e. The molecule has 0 radical (unpaired) electrons. The molecule has 1 aliphatic heterocycles. The molecule has 8 heteroatoms. The Morgan fingerprint density at radius 1 is 0.517 bits per heavy atom. The van der Waals surface area contributed by atoms with Gasteiger partial charge in [-0.05, 0) is 69.0 Å². The third-order valence-electron chi connectivity index (χ3n) is 10.8. The molecule has 0 unspecified atom stereocenters. The van der Waals surface area contributed by atoms with E-state index in [9.17, 15) is 5.11 Å². The quantitative estimate of drug-likeness (QED) is 0.0725. The largest absolute Gasteiger partial charge is 0.394 e. The second kappa shape index (κ2) is 22.8. The number of aryl methyl sites for hydroxylation is 1. The molecule has 6 aromatic carbocycles. The van der Waals surface area contributed by atoms with Crippen LogP contribution in [0.25, 0.3) is 0 Å². The minimum atomic E-state index is -0.650. The molecule has 0 amide bonds. The van der Waals surface area contributed by atoms with Gasteiger partial charge in [0.1, 0.15) is 30.5 Å². The Balaban J connectivity index is 1.32. The number of aliphatic hydroxyl groups excluding tert-OH is 1. The van der Waals surface area contributed by atoms with E-state index >= 15 is 0 Å². The number of aliphatic hydroxyl groups is 1. The van der Waals surface area contributed by atoms with Crippen molar-refractivity contribution in [2.75, 3.05) is 19.8 Å². The Bertz CT molecular complexity index is 2140. The molecule has 0 aromatic heterocycles. The van der Waals surface area contributed by atoms with Gasteiger partial charge >= 0.3 is 0 Å². The van der Waals surface area contributed by atoms with Gasteiger partial charge in [-0.2, -0.15) is 0 Å². The first kappa shape index (κ1) is 43.4. The molecule has 6 aromatic rings. The standard InChI is InChI=1S/C52H55ClO7/c1-2-38-23-25-39(26-24-38)29-44-30-46(45(31-47(44)53)36-55-28-27-54)49-51(58-34-42-19-11-5-12-20-42)52(59-35-43-21-13-6-14-22-43)50(57-33-41-17-9-4-10-18-41)48(60-49)37-56-32-40-15-7-3-8-16-40/h3-26,30-31,48-52,54H,2,27-29,32-37H2,1H3/t48-,49+,50-,51+,52+/m1/s1. The lowest BCUT2D eigenvalue weighted by molar-refractivity contribution is -0.275. The Morgan fingerprint density at radius 2 is 1.02 bits per heavy atom. The first-order chi connectivity index (χ1) is 29.6. The number of halogens is 1. The van der Waals surface area contributed by atoms with E-state index in [-0.39, 0.29) is 26.4 Å². The van der Waals surface area contributed by atoms with Gasteiger partial charge in [-0.15, -0.1) is 0 Å². The van der Waals surface area contributed by atoms with Crippen LogP contribution in [0.4, 0.5) is 0 Å². The molecule has 0 bridgehead atoms. The Morgan fingerprint density at radius 3 is 1.55 bits per heavy atom. The number of ether oxygens (including phenoxy) is 6. The fourth-order valence-corrected chi connectivity index (χ4v) is 7.86. The van der Waals surface area contributed by atoms with Gasteiger partial charge in [0.25, 0.3) is 0 Å². The molecule has 1 heterocycles. The van der Waals surface area contributed by atoms with Crippen LogP contribution in [0.3, 0.4) is 0 Å². The number of rotatable bonds is 21. The van der Waals surface area contributed by atoms with Gasteiger partial charge in [0.05, 0.1) is 52.9 Å². The summed E-state index contributed by atoms with van der Waals surface area (Å²) in [6.45, 7) is 4.08. The summed E-state index contributed by atoms with van der Waals surface area (Å²) in [7, 11) is 0. The normalized spacial score (nSPS) is 19.0. The molecule has 5 atom stereocenters. The topological polar surface area (TPSA) is 75.6 Å². The predicted octanol–water partition coefficient (Wildman–Crippen LogP) is 10.4. The van der Waals surface area contributed by atoms with Crippen molar-refractivity contribution in [3.63, 3.8) is 0 Å². The minimum absolute atomic E-state index is 0.103. The van der Waals surface area contributed by atoms with Crippen molar-refractivity contribution in [3.8, 4) is 0 Å². The molecule has 1 fully saturated rings. The van der Waals surface area contributed by atoms with E-state index < -0.39 is 30.5 Å². The van der Waals surface area contributed by atoms with Crippen LogP contribution in [0.1, 0.15) is 63.1 Å². The predicted molar refractivity (Wildman–Crippen MR) is 236 cm³/mol. The van der Waals surface area contributed by atoms with E-state index in [2.05, 4.69) is 85.8 Å². The fourth-order valence-electron chi connectivity index (χ4n) is 7.60. The van der Waals surface area contributed by atoms with E-state index in [1.54, 1.807) is 0 Å². The third kappa shape index (κ3) is 12.2. The van der Waals surface area contributed by atoms with Crippen LogP contribution in [0.2, 0.25) is 5.02 Å². The summed E-state index contributed by atoms with van der Waals surface area (Å²) in [6.07, 6.45) is -1.45. The highest BCUT2D eigenvalue weighted by molar-refractivity contribution is 6.31. The summed E-state index contributed by atoms with van der Waals surface area (Å²) >= 11 is 7.12. The number of hydrogen-bond acceptors (Lipinski definition) is 7. The van der Waals surface area contributed by atoms with Crippen LogP contribution in [-0.4, -0.2) is 49.3 Å². The van der Waals surface area contributed by atoms with Crippen molar-refractivity contribution in [2.45, 2.75) is 83.3 Å². The zero-order valence-corrected chi connectivity index (χ0v) is 35.0. The van der Waals surface area contributed by atoms with Gasteiger partial charge < -0.3 is 33.5 Å². The molecule has 0 saturated carbocycles. The maximum Gasteiger partial charge on any atom is 0.117 e. The zero-order chi connectivity index (χ0) is 41.4. The van der Waals surface area contributed by atoms with Gasteiger partial charge in [0.2, 0.25) is 0 Å². The molecule has 0 aliphatic carbocycles. The van der Waals surface area contributed by atoms with Crippen molar-refractivity contribution < 1.29 is 33.5 Å². The Hall–Kier alpha value is -4.67. The molecule has 60 heavy (non-hydrogen) atoms. The summed E-state index contributed by atoms with van der Waals surface area (Å²) in [5.74, 6) is 0. The summed E-state index contributed by atoms with van der Waals surface area (Å²) < 4.78 is 40.8. The first-order valence-electron chi connectivity index (χ1n) is 20.9. The van der Waals surface area contributed by atoms with Gasteiger partial charge in [0.15, 0.2) is 0 Å². The highest BCUT2D eigenvalue weighted by Gasteiger charge is 2.49. The second-order valence-electron chi connectivity index (χ2n) is 15.1. The lowest BCUT2D eigenvalue weighted by atomic mass is 9.87. The average molecular weight is 827 g/mol. The first-order valence-corrected chi connectivity index (χ1v) is 21.3. The van der Waals surface area contributed by atoms with E-state index in [1.807, 2.05) is 78.9 Å². The Kier molecular flexibility index (Phi) is 16.5. The van der Waals surface area contributed by atoms with Crippen LogP contribution < -0.4 is 0 Å². The van der Waals surface area contributed by atoms with Crippen molar-refractivity contribution in [2.24, 2.45) is 0 Å². The van der Waals surface area contributed by atoms with Crippen LogP contribution in [0.5, 0.6) is 0 Å². The van der Waals surface area contributed by atoms with Crippen LogP contribution in [0, 0.1) is 0 Å². The van der Waals surface area contributed by atoms with Crippen molar-refractivity contribution in [1.82, 2.24) is 0 Å². The third-order valence-corrected chi connectivity index (χ3v) is 11.2. The van der Waals surface area contributed by atoms with E-state index in [4.69, 9.17) is 40.0 Å². The van der Waals surface area contributed by atoms with Crippen molar-refractivity contribution >= 4 is 11.6 Å². The maximum atomic E-state index is 9.69. The van der Waals surface area contributed by atoms with Crippen LogP contribution >= 0.6 is 11.6 Å². The number of benzene rings is 6. The fraction of sp³-hybridized carbons (Fsp3) is 0.308. The number of hydrogen-bond donors (Lipinski definition) is 1. The van der Waals surface area contributed by atoms with E-state index in [1.165, 1.54) is 5.56 Å². The molecule has 1 N–H and O–H groups in total. The molecule has 312 valence electrons. The lowest BCUT2D eigenvalue weighted by Gasteiger charge is -2.47. The van der Waals surface area contributed by atoms with E-state index in [0.717, 1.165) is 50.9 Å². The molecule has 7 nitrogen and oxygen atoms in total. The molecular formula is C52H55ClO7. The highest BCUT2D eigenvalue weighted by atomic mass is 35.5. The zero-order valence-electron chi connectivity index (χ0n) is 34.2. The van der Waals surface area contributed by atoms with Crippen LogP contribution in [0.15, 0.2) is 158 Å². The van der Waals surface area contributed by atoms with E-state index in [0.29, 0.717) is 37.9 Å². The molecule has 0 spiro atoms. The van der Waals surface area contributed by atoms with Gasteiger partial charge in [-0.25, -0.2) is 0 Å². The monoisotopic (exact) mass is 826 g/mol. The van der Waals surface area contributed by atoms with Crippen LogP contribution in [-0.2, 0) is 74.3 Å². The highest BCUT2D eigenvalue weighted by Crippen LogP contribution is 2.41. The molecule has 7 rings (SSSR count). The lowest BCUT2D eigenvalue weighted by Crippen LogP contribution is -2.58. The summed E-state index contributed by atoms with van der Waals surface area (Å²) in [6, 6.07) is 53.3. The van der Waals surface area contributed by atoms with Crippen molar-refractivity contribution in [1.29, 1.82) is 0 Å². The molecule has 1 aliphatic rings. The van der Waals surface area contributed by atoms with Gasteiger partial charge in [0, 0.05) is 5.02 Å². The maximum absolute atomic E-state index is 9.69. The SMILES string of the molecule is CCc1ccc(Cc2cc([C@@H]3O[C@H](COCc4ccccc4)[C@@H](OCc4ccccc4)[C@H](OCc4ccccc4)[C@H]3OCc3ccccc3)c(COCCO)cc2Cl)cc1. The summed E-state index contributed by atoms with van der Waals surface area (Å²) in [5, 5.41) is 10.3. The van der Waals surface area contributed by atoms with Crippen molar-refractivity contribution in [3.05, 3.63) is 213 Å². The average Bonchev–Trinajstić information content (AvgIpc) is 3.29. The Labute approximate surface area is 359 Å². The van der Waals surface area contributed by atoms with Gasteiger partial charge in [-0.1, -0.05) is 170 Å². The van der Waals surface area contributed by atoms with Gasteiger partial charge in [-0.3, -0.25) is 0 Å². The molecule has 1 saturated heterocycles. The summed E-state index contributed by atoms with van der Waals surface area (Å²) in [4.78, 5) is 0. The smallest absolute Gasteiger partial charge is 0.117 e.